The van der Waals surface area contributed by atoms with E-state index in [1.165, 1.54) is 23.8 Å². The molecule has 110 valence electrons. The molecule has 2 aromatic rings. The summed E-state index contributed by atoms with van der Waals surface area (Å²) in [4.78, 5) is 19.0. The van der Waals surface area contributed by atoms with Gasteiger partial charge in [0.15, 0.2) is 0 Å². The van der Waals surface area contributed by atoms with Crippen LogP contribution in [0.15, 0.2) is 12.7 Å². The molecular formula is C12H16N8O. The van der Waals surface area contributed by atoms with Crippen LogP contribution >= 0.6 is 0 Å². The SMILES string of the molecule is Nc1nc(N2CCOC3CCCC32)nc(-n2cncn2)n1. The summed E-state index contributed by atoms with van der Waals surface area (Å²) in [5.74, 6) is 1.16. The Bertz CT molecular complexity index is 630. The number of morpholine rings is 1. The zero-order valence-electron chi connectivity index (χ0n) is 11.5. The van der Waals surface area contributed by atoms with Crippen molar-refractivity contribution in [3.05, 3.63) is 12.7 Å². The molecule has 0 amide bonds. The summed E-state index contributed by atoms with van der Waals surface area (Å²) in [6.07, 6.45) is 6.60. The second-order valence-electron chi connectivity index (χ2n) is 5.23. The molecule has 0 spiro atoms. The van der Waals surface area contributed by atoms with Gasteiger partial charge in [-0.2, -0.15) is 24.7 Å². The molecule has 0 radical (unpaired) electrons. The smallest absolute Gasteiger partial charge is 0.258 e. The van der Waals surface area contributed by atoms with Crippen LogP contribution in [-0.4, -0.2) is 55.0 Å². The van der Waals surface area contributed by atoms with Gasteiger partial charge in [0.2, 0.25) is 11.9 Å². The number of ether oxygens (including phenoxy) is 1. The first kappa shape index (κ1) is 12.5. The summed E-state index contributed by atoms with van der Waals surface area (Å²) < 4.78 is 7.29. The van der Waals surface area contributed by atoms with Crippen molar-refractivity contribution in [2.45, 2.75) is 31.4 Å². The summed E-state index contributed by atoms with van der Waals surface area (Å²) in [6.45, 7) is 1.45. The second kappa shape index (κ2) is 4.92. The number of nitrogen functional groups attached to an aromatic ring is 1. The van der Waals surface area contributed by atoms with Crippen LogP contribution in [0.25, 0.3) is 5.95 Å². The van der Waals surface area contributed by atoms with Gasteiger partial charge in [0.1, 0.15) is 12.7 Å². The first-order valence-electron chi connectivity index (χ1n) is 7.06. The Kier molecular flexibility index (Phi) is 2.92. The molecule has 9 heteroatoms. The summed E-state index contributed by atoms with van der Waals surface area (Å²) in [5.41, 5.74) is 5.83. The fraction of sp³-hybridized carbons (Fsp3) is 0.583. The molecule has 1 aliphatic heterocycles. The van der Waals surface area contributed by atoms with Crippen LogP contribution in [0.1, 0.15) is 19.3 Å². The highest BCUT2D eigenvalue weighted by Crippen LogP contribution is 2.31. The molecule has 2 aromatic heterocycles. The molecule has 9 nitrogen and oxygen atoms in total. The molecule has 0 bridgehead atoms. The van der Waals surface area contributed by atoms with Gasteiger partial charge in [0.05, 0.1) is 18.8 Å². The van der Waals surface area contributed by atoms with E-state index in [-0.39, 0.29) is 12.1 Å². The molecule has 1 saturated carbocycles. The summed E-state index contributed by atoms with van der Waals surface area (Å²) in [7, 11) is 0. The fourth-order valence-electron chi connectivity index (χ4n) is 3.09. The zero-order valence-corrected chi connectivity index (χ0v) is 11.5. The van der Waals surface area contributed by atoms with Crippen molar-refractivity contribution in [3.8, 4) is 5.95 Å². The third kappa shape index (κ3) is 2.19. The largest absolute Gasteiger partial charge is 0.374 e. The van der Waals surface area contributed by atoms with E-state index in [1.54, 1.807) is 0 Å². The van der Waals surface area contributed by atoms with Gasteiger partial charge in [-0.05, 0) is 19.3 Å². The highest BCUT2D eigenvalue weighted by molar-refractivity contribution is 5.40. The van der Waals surface area contributed by atoms with E-state index in [0.717, 1.165) is 19.4 Å². The van der Waals surface area contributed by atoms with Crippen molar-refractivity contribution in [1.82, 2.24) is 29.7 Å². The van der Waals surface area contributed by atoms with Gasteiger partial charge in [-0.15, -0.1) is 0 Å². The number of hydrogen-bond acceptors (Lipinski definition) is 8. The van der Waals surface area contributed by atoms with Gasteiger partial charge < -0.3 is 15.4 Å². The maximum absolute atomic E-state index is 5.83. The van der Waals surface area contributed by atoms with Gasteiger partial charge >= 0.3 is 0 Å². The summed E-state index contributed by atoms with van der Waals surface area (Å²) in [5, 5.41) is 4.03. The van der Waals surface area contributed by atoms with E-state index in [1.807, 2.05) is 0 Å². The Morgan fingerprint density at radius 2 is 2.10 bits per heavy atom. The van der Waals surface area contributed by atoms with Gasteiger partial charge in [0, 0.05) is 6.54 Å². The van der Waals surface area contributed by atoms with Gasteiger partial charge in [-0.3, -0.25) is 0 Å². The number of hydrogen-bond donors (Lipinski definition) is 1. The Morgan fingerprint density at radius 1 is 1.19 bits per heavy atom. The van der Waals surface area contributed by atoms with Crippen LogP contribution in [0, 0.1) is 0 Å². The average molecular weight is 288 g/mol. The minimum absolute atomic E-state index is 0.187. The van der Waals surface area contributed by atoms with E-state index >= 15 is 0 Å². The molecule has 3 heterocycles. The average Bonchev–Trinajstić information content (AvgIpc) is 3.17. The molecule has 2 unspecified atom stereocenters. The molecular weight excluding hydrogens is 272 g/mol. The van der Waals surface area contributed by atoms with Crippen LogP contribution < -0.4 is 10.6 Å². The van der Waals surface area contributed by atoms with Gasteiger partial charge in [-0.25, -0.2) is 4.98 Å². The van der Waals surface area contributed by atoms with Crippen LogP contribution in [0.2, 0.25) is 0 Å². The maximum Gasteiger partial charge on any atom is 0.258 e. The molecule has 0 aromatic carbocycles. The Labute approximate surface area is 121 Å². The maximum atomic E-state index is 5.83. The van der Waals surface area contributed by atoms with E-state index in [9.17, 15) is 0 Å². The van der Waals surface area contributed by atoms with Crippen LogP contribution in [-0.2, 0) is 4.74 Å². The van der Waals surface area contributed by atoms with Gasteiger partial charge in [-0.1, -0.05) is 0 Å². The topological polar surface area (TPSA) is 108 Å². The lowest BCUT2D eigenvalue weighted by Gasteiger charge is -2.37. The zero-order chi connectivity index (χ0) is 14.2. The van der Waals surface area contributed by atoms with Crippen LogP contribution in [0.5, 0.6) is 0 Å². The predicted octanol–water partition coefficient (Wildman–Crippen LogP) is -0.208. The number of aromatic nitrogens is 6. The van der Waals surface area contributed by atoms with Crippen molar-refractivity contribution >= 4 is 11.9 Å². The fourth-order valence-corrected chi connectivity index (χ4v) is 3.09. The summed E-state index contributed by atoms with van der Waals surface area (Å²) in [6, 6.07) is 0.323. The highest BCUT2D eigenvalue weighted by Gasteiger charge is 2.37. The van der Waals surface area contributed by atoms with Crippen LogP contribution in [0.4, 0.5) is 11.9 Å². The monoisotopic (exact) mass is 288 g/mol. The lowest BCUT2D eigenvalue weighted by molar-refractivity contribution is 0.0250. The molecule has 21 heavy (non-hydrogen) atoms. The van der Waals surface area contributed by atoms with Crippen LogP contribution in [0.3, 0.4) is 0 Å². The minimum atomic E-state index is 0.187. The Balaban J connectivity index is 1.71. The van der Waals surface area contributed by atoms with Crippen molar-refractivity contribution in [3.63, 3.8) is 0 Å². The van der Waals surface area contributed by atoms with Crippen molar-refractivity contribution in [2.24, 2.45) is 0 Å². The molecule has 2 N–H and O–H groups in total. The summed E-state index contributed by atoms with van der Waals surface area (Å²) >= 11 is 0. The van der Waals surface area contributed by atoms with Gasteiger partial charge in [0.25, 0.3) is 5.95 Å². The number of anilines is 2. The molecule has 2 aliphatic rings. The lowest BCUT2D eigenvalue weighted by atomic mass is 10.1. The van der Waals surface area contributed by atoms with E-state index in [4.69, 9.17) is 10.5 Å². The highest BCUT2D eigenvalue weighted by atomic mass is 16.5. The third-order valence-corrected chi connectivity index (χ3v) is 3.99. The van der Waals surface area contributed by atoms with Crippen molar-refractivity contribution in [1.29, 1.82) is 0 Å². The Morgan fingerprint density at radius 3 is 2.95 bits per heavy atom. The lowest BCUT2D eigenvalue weighted by Crippen LogP contribution is -2.49. The van der Waals surface area contributed by atoms with Crippen molar-refractivity contribution in [2.75, 3.05) is 23.8 Å². The number of nitrogens with two attached hydrogens (primary N) is 1. The number of fused-ring (bicyclic) bond motifs is 1. The first-order valence-corrected chi connectivity index (χ1v) is 7.06. The number of rotatable bonds is 2. The minimum Gasteiger partial charge on any atom is -0.374 e. The Hall–Kier alpha value is -2.29. The second-order valence-corrected chi connectivity index (χ2v) is 5.23. The molecule has 4 rings (SSSR count). The standard InChI is InChI=1S/C12H16N8O/c13-10-16-11(18-12(17-10)20-7-14-6-15-20)19-4-5-21-9-3-1-2-8(9)19/h6-9H,1-5H2,(H2,13,16,17,18). The number of nitrogens with zero attached hydrogens (tertiary/aromatic N) is 7. The van der Waals surface area contributed by atoms with E-state index in [2.05, 4.69) is 29.9 Å². The molecule has 1 aliphatic carbocycles. The van der Waals surface area contributed by atoms with Crippen molar-refractivity contribution < 1.29 is 4.74 Å². The third-order valence-electron chi connectivity index (χ3n) is 3.99. The quantitative estimate of drug-likeness (QED) is 0.809. The van der Waals surface area contributed by atoms with E-state index < -0.39 is 0 Å². The molecule has 1 saturated heterocycles. The predicted molar refractivity (Wildman–Crippen MR) is 73.9 cm³/mol. The normalized spacial score (nSPS) is 25.0. The molecule has 2 atom stereocenters. The molecule has 2 fully saturated rings. The first-order chi connectivity index (χ1) is 10.3. The van der Waals surface area contributed by atoms with E-state index in [0.29, 0.717) is 24.5 Å².